The molecule has 1 N–H and O–H groups in total. The van der Waals surface area contributed by atoms with Crippen molar-refractivity contribution in [1.82, 2.24) is 0 Å². The van der Waals surface area contributed by atoms with E-state index in [1.807, 2.05) is 0 Å². The number of nitrogens with one attached hydrogen (secondary N) is 1. The lowest BCUT2D eigenvalue weighted by molar-refractivity contribution is -0.0498. The monoisotopic (exact) mass is 305 g/mol. The van der Waals surface area contributed by atoms with Gasteiger partial charge in [-0.25, -0.2) is 8.78 Å². The molecular weight excluding hydrogens is 298 g/mol. The van der Waals surface area contributed by atoms with Crippen molar-refractivity contribution >= 4 is 22.9 Å². The van der Waals surface area contributed by atoms with Crippen LogP contribution in [0.5, 0.6) is 5.75 Å². The summed E-state index contributed by atoms with van der Waals surface area (Å²) < 4.78 is 54.8. The number of hydrogen-bond donors (Lipinski definition) is 1. The molecule has 106 valence electrons. The van der Waals surface area contributed by atoms with Gasteiger partial charge in [-0.1, -0.05) is 6.07 Å². The number of amides is 1. The molecule has 0 saturated carbocycles. The number of hydrogen-bond acceptors (Lipinski definition) is 3. The minimum atomic E-state index is -3.08. The van der Waals surface area contributed by atoms with Crippen molar-refractivity contribution in [3.63, 3.8) is 0 Å². The van der Waals surface area contributed by atoms with Crippen LogP contribution in [0.1, 0.15) is 9.67 Å². The Balaban J connectivity index is 2.20. The molecule has 1 amide bonds. The molecule has 20 heavy (non-hydrogen) atoms. The summed E-state index contributed by atoms with van der Waals surface area (Å²) in [6.45, 7) is -3.08. The fourth-order valence-electron chi connectivity index (χ4n) is 1.43. The van der Waals surface area contributed by atoms with Crippen molar-refractivity contribution in [3.8, 4) is 5.75 Å². The summed E-state index contributed by atoms with van der Waals surface area (Å²) in [6, 6.07) is 4.44. The number of carbonyl (C=O) groups is 1. The number of thiophene rings is 1. The summed E-state index contributed by atoms with van der Waals surface area (Å²) in [4.78, 5) is 11.7. The number of alkyl halides is 2. The number of benzene rings is 1. The SMILES string of the molecule is O=C(Nc1cccc(F)c1F)c1sccc1OC(F)F. The molecule has 0 radical (unpaired) electrons. The van der Waals surface area contributed by atoms with E-state index in [1.54, 1.807) is 0 Å². The van der Waals surface area contributed by atoms with Crippen molar-refractivity contribution < 1.29 is 27.1 Å². The first-order valence-corrected chi connectivity index (χ1v) is 6.14. The van der Waals surface area contributed by atoms with Crippen molar-refractivity contribution in [2.75, 3.05) is 5.32 Å². The topological polar surface area (TPSA) is 38.3 Å². The molecule has 8 heteroatoms. The van der Waals surface area contributed by atoms with Crippen LogP contribution in [-0.4, -0.2) is 12.5 Å². The van der Waals surface area contributed by atoms with Crippen LogP contribution in [0, 0.1) is 11.6 Å². The molecule has 0 aliphatic heterocycles. The first-order valence-electron chi connectivity index (χ1n) is 5.26. The summed E-state index contributed by atoms with van der Waals surface area (Å²) in [5, 5.41) is 3.47. The Labute approximate surface area is 114 Å². The maximum atomic E-state index is 13.4. The van der Waals surface area contributed by atoms with Gasteiger partial charge in [-0.05, 0) is 23.6 Å². The fourth-order valence-corrected chi connectivity index (χ4v) is 2.15. The minimum Gasteiger partial charge on any atom is -0.433 e. The predicted molar refractivity (Wildman–Crippen MR) is 65.3 cm³/mol. The molecule has 0 saturated heterocycles. The number of anilines is 1. The van der Waals surface area contributed by atoms with E-state index in [-0.39, 0.29) is 16.3 Å². The molecule has 2 aromatic rings. The van der Waals surface area contributed by atoms with Gasteiger partial charge < -0.3 is 10.1 Å². The fraction of sp³-hybridized carbons (Fsp3) is 0.0833. The standard InChI is InChI=1S/C12H7F4NO2S/c13-6-2-1-3-7(9(6)14)17-11(18)10-8(4-5-20-10)19-12(15)16/h1-5,12H,(H,17,18). The number of halogens is 4. The third-order valence-corrected chi connectivity index (χ3v) is 3.15. The van der Waals surface area contributed by atoms with E-state index >= 15 is 0 Å². The Morgan fingerprint density at radius 1 is 1.25 bits per heavy atom. The van der Waals surface area contributed by atoms with E-state index in [0.29, 0.717) is 0 Å². The predicted octanol–water partition coefficient (Wildman–Crippen LogP) is 3.88. The highest BCUT2D eigenvalue weighted by Gasteiger charge is 2.19. The van der Waals surface area contributed by atoms with Gasteiger partial charge in [0, 0.05) is 0 Å². The summed E-state index contributed by atoms with van der Waals surface area (Å²) in [6.07, 6.45) is 0. The summed E-state index contributed by atoms with van der Waals surface area (Å²) in [5.74, 6) is -3.54. The maximum Gasteiger partial charge on any atom is 0.387 e. The van der Waals surface area contributed by atoms with Gasteiger partial charge >= 0.3 is 6.61 Å². The van der Waals surface area contributed by atoms with Gasteiger partial charge in [-0.3, -0.25) is 4.79 Å². The highest BCUT2D eigenvalue weighted by atomic mass is 32.1. The normalized spacial score (nSPS) is 10.7. The van der Waals surface area contributed by atoms with Crippen LogP contribution in [0.4, 0.5) is 23.2 Å². The lowest BCUT2D eigenvalue weighted by atomic mass is 10.3. The zero-order valence-corrected chi connectivity index (χ0v) is 10.5. The second-order valence-electron chi connectivity index (χ2n) is 3.55. The molecule has 0 aliphatic rings. The van der Waals surface area contributed by atoms with Gasteiger partial charge in [0.15, 0.2) is 11.6 Å². The highest BCUT2D eigenvalue weighted by Crippen LogP contribution is 2.28. The van der Waals surface area contributed by atoms with Crippen LogP contribution in [0.15, 0.2) is 29.6 Å². The molecule has 0 spiro atoms. The van der Waals surface area contributed by atoms with Gasteiger partial charge in [-0.15, -0.1) is 11.3 Å². The van der Waals surface area contributed by atoms with Gasteiger partial charge in [0.25, 0.3) is 5.91 Å². The Kier molecular flexibility index (Phi) is 4.23. The molecular formula is C12H7F4NO2S. The third-order valence-electron chi connectivity index (χ3n) is 2.25. The molecule has 3 nitrogen and oxygen atoms in total. The molecule has 0 atom stereocenters. The number of carbonyl (C=O) groups excluding carboxylic acids is 1. The van der Waals surface area contributed by atoms with Crippen LogP contribution in [0.3, 0.4) is 0 Å². The highest BCUT2D eigenvalue weighted by molar-refractivity contribution is 7.12. The maximum absolute atomic E-state index is 13.4. The third kappa shape index (κ3) is 3.08. The molecule has 0 aliphatic carbocycles. The number of rotatable bonds is 4. The first kappa shape index (κ1) is 14.3. The number of ether oxygens (including phenoxy) is 1. The first-order chi connectivity index (χ1) is 9.49. The van der Waals surface area contributed by atoms with Crippen LogP contribution >= 0.6 is 11.3 Å². The molecule has 0 bridgehead atoms. The van der Waals surface area contributed by atoms with Crippen LogP contribution in [0.2, 0.25) is 0 Å². The van der Waals surface area contributed by atoms with E-state index < -0.39 is 24.2 Å². The van der Waals surface area contributed by atoms with Crippen LogP contribution < -0.4 is 10.1 Å². The van der Waals surface area contributed by atoms with Gasteiger partial charge in [0.1, 0.15) is 10.6 Å². The molecule has 0 fully saturated rings. The van der Waals surface area contributed by atoms with E-state index in [9.17, 15) is 22.4 Å². The Bertz CT molecular complexity index is 630. The second kappa shape index (κ2) is 5.91. The van der Waals surface area contributed by atoms with E-state index in [4.69, 9.17) is 0 Å². The van der Waals surface area contributed by atoms with Crippen LogP contribution in [-0.2, 0) is 0 Å². The Morgan fingerprint density at radius 3 is 2.70 bits per heavy atom. The zero-order chi connectivity index (χ0) is 14.7. The quantitative estimate of drug-likeness (QED) is 0.871. The van der Waals surface area contributed by atoms with E-state index in [2.05, 4.69) is 10.1 Å². The molecule has 1 aromatic heterocycles. The van der Waals surface area contributed by atoms with E-state index in [0.717, 1.165) is 23.5 Å². The summed E-state index contributed by atoms with van der Waals surface area (Å²) in [7, 11) is 0. The summed E-state index contributed by atoms with van der Waals surface area (Å²) >= 11 is 0.842. The molecule has 1 heterocycles. The van der Waals surface area contributed by atoms with Crippen molar-refractivity contribution in [2.45, 2.75) is 6.61 Å². The molecule has 1 aromatic carbocycles. The van der Waals surface area contributed by atoms with Gasteiger partial charge in [-0.2, -0.15) is 8.78 Å². The van der Waals surface area contributed by atoms with Crippen molar-refractivity contribution in [3.05, 3.63) is 46.2 Å². The van der Waals surface area contributed by atoms with Gasteiger partial charge in [0.05, 0.1) is 5.69 Å². The largest absolute Gasteiger partial charge is 0.433 e. The lowest BCUT2D eigenvalue weighted by Gasteiger charge is -2.08. The van der Waals surface area contributed by atoms with Crippen molar-refractivity contribution in [2.24, 2.45) is 0 Å². The van der Waals surface area contributed by atoms with E-state index in [1.165, 1.54) is 17.5 Å². The Hall–Kier alpha value is -2.09. The summed E-state index contributed by atoms with van der Waals surface area (Å²) in [5.41, 5.74) is -0.383. The average molecular weight is 305 g/mol. The average Bonchev–Trinajstić information content (AvgIpc) is 2.82. The van der Waals surface area contributed by atoms with Crippen LogP contribution in [0.25, 0.3) is 0 Å². The second-order valence-corrected chi connectivity index (χ2v) is 4.46. The molecule has 2 rings (SSSR count). The zero-order valence-electron chi connectivity index (χ0n) is 9.70. The van der Waals surface area contributed by atoms with Gasteiger partial charge in [0.2, 0.25) is 0 Å². The Morgan fingerprint density at radius 2 is 2.00 bits per heavy atom. The lowest BCUT2D eigenvalue weighted by Crippen LogP contribution is -2.14. The van der Waals surface area contributed by atoms with Crippen molar-refractivity contribution in [1.29, 1.82) is 0 Å². The minimum absolute atomic E-state index is 0.158. The molecule has 0 unspecified atom stereocenters. The smallest absolute Gasteiger partial charge is 0.387 e.